The van der Waals surface area contributed by atoms with Crippen LogP contribution in [0.5, 0.6) is 11.5 Å². The van der Waals surface area contributed by atoms with Gasteiger partial charge >= 0.3 is 0 Å². The van der Waals surface area contributed by atoms with Crippen LogP contribution in [0.2, 0.25) is 0 Å². The predicted octanol–water partition coefficient (Wildman–Crippen LogP) is 4.14. The van der Waals surface area contributed by atoms with E-state index >= 15 is 0 Å². The van der Waals surface area contributed by atoms with Gasteiger partial charge < -0.3 is 9.47 Å². The van der Waals surface area contributed by atoms with Gasteiger partial charge in [0.15, 0.2) is 5.84 Å². The van der Waals surface area contributed by atoms with Gasteiger partial charge in [-0.3, -0.25) is 5.43 Å². The van der Waals surface area contributed by atoms with Gasteiger partial charge in [-0.05, 0) is 54.6 Å². The molecule has 0 aliphatic carbocycles. The maximum Gasteiger partial charge on any atom is 0.154 e. The molecule has 1 aliphatic heterocycles. The topological polar surface area (TPSA) is 55.2 Å². The molecule has 5 heteroatoms. The molecule has 3 aromatic rings. The minimum absolute atomic E-state index is 0.689. The zero-order valence-electron chi connectivity index (χ0n) is 15.1. The number of fused-ring (bicyclic) bond motifs is 1. The molecule has 0 fully saturated rings. The molecule has 1 N–H and O–H groups in total. The number of rotatable bonds is 4. The molecule has 0 saturated carbocycles. The third-order valence-electron chi connectivity index (χ3n) is 4.39. The van der Waals surface area contributed by atoms with Crippen molar-refractivity contribution in [2.75, 3.05) is 14.2 Å². The van der Waals surface area contributed by atoms with Crippen LogP contribution in [0.25, 0.3) is 0 Å². The van der Waals surface area contributed by atoms with Gasteiger partial charge in [-0.1, -0.05) is 18.2 Å². The summed E-state index contributed by atoms with van der Waals surface area (Å²) >= 11 is 0. The fraction of sp³-hybridized carbons (Fsp3) is 0.0909. The van der Waals surface area contributed by atoms with Gasteiger partial charge in [0.05, 0.1) is 25.6 Å². The summed E-state index contributed by atoms with van der Waals surface area (Å²) in [5.41, 5.74) is 7.72. The highest BCUT2D eigenvalue weighted by Gasteiger charge is 2.16. The van der Waals surface area contributed by atoms with Crippen molar-refractivity contribution in [2.24, 2.45) is 10.1 Å². The standard InChI is InChI=1S/C22H19N3O2/c1-26-17-11-7-15(8-12-17)21-19-5-3-4-6-20(19)23-22(25-24-21)16-9-13-18(27-2)14-10-16/h3-14H,1-2H3,(H,23,25). The average Bonchev–Trinajstić information content (AvgIpc) is 2.94. The number of ether oxygens (including phenoxy) is 2. The van der Waals surface area contributed by atoms with Crippen LogP contribution in [-0.4, -0.2) is 25.8 Å². The summed E-state index contributed by atoms with van der Waals surface area (Å²) in [6.07, 6.45) is 0. The Morgan fingerprint density at radius 3 is 1.93 bits per heavy atom. The Labute approximate surface area is 158 Å². The third kappa shape index (κ3) is 3.40. The van der Waals surface area contributed by atoms with E-state index in [9.17, 15) is 0 Å². The van der Waals surface area contributed by atoms with Gasteiger partial charge in [-0.15, -0.1) is 0 Å². The molecule has 4 rings (SSSR count). The first-order valence-corrected chi connectivity index (χ1v) is 8.59. The molecule has 1 heterocycles. The Hall–Kier alpha value is -3.60. The normalized spacial score (nSPS) is 12.8. The molecule has 1 aliphatic rings. The molecule has 3 aromatic carbocycles. The van der Waals surface area contributed by atoms with Gasteiger partial charge in [0.25, 0.3) is 0 Å². The molecular formula is C22H19N3O2. The smallest absolute Gasteiger partial charge is 0.154 e. The maximum absolute atomic E-state index is 5.26. The van der Waals surface area contributed by atoms with E-state index < -0.39 is 0 Å². The van der Waals surface area contributed by atoms with Crippen LogP contribution in [0, 0.1) is 0 Å². The van der Waals surface area contributed by atoms with Crippen molar-refractivity contribution in [3.05, 3.63) is 89.5 Å². The summed E-state index contributed by atoms with van der Waals surface area (Å²) in [6.45, 7) is 0. The van der Waals surface area contributed by atoms with E-state index in [2.05, 4.69) is 10.5 Å². The number of nitrogens with zero attached hydrogens (tertiary/aromatic N) is 2. The van der Waals surface area contributed by atoms with Crippen LogP contribution in [0.3, 0.4) is 0 Å². The Morgan fingerprint density at radius 2 is 1.30 bits per heavy atom. The molecule has 0 atom stereocenters. The van der Waals surface area contributed by atoms with Gasteiger partial charge in [0.2, 0.25) is 0 Å². The summed E-state index contributed by atoms with van der Waals surface area (Å²) < 4.78 is 10.5. The molecule has 5 nitrogen and oxygen atoms in total. The zero-order valence-corrected chi connectivity index (χ0v) is 15.1. The third-order valence-corrected chi connectivity index (χ3v) is 4.39. The lowest BCUT2D eigenvalue weighted by atomic mass is 10.0. The number of benzene rings is 3. The van der Waals surface area contributed by atoms with E-state index in [0.29, 0.717) is 5.84 Å². The van der Waals surface area contributed by atoms with Crippen molar-refractivity contribution in [1.82, 2.24) is 5.43 Å². The molecule has 0 aromatic heterocycles. The Kier molecular flexibility index (Phi) is 4.58. The van der Waals surface area contributed by atoms with Crippen molar-refractivity contribution in [2.45, 2.75) is 0 Å². The van der Waals surface area contributed by atoms with Crippen LogP contribution in [0.4, 0.5) is 5.69 Å². The number of methoxy groups -OCH3 is 2. The van der Waals surface area contributed by atoms with Gasteiger partial charge in [0.1, 0.15) is 11.5 Å². The van der Waals surface area contributed by atoms with E-state index in [-0.39, 0.29) is 0 Å². The summed E-state index contributed by atoms with van der Waals surface area (Å²) in [5.74, 6) is 2.30. The molecule has 27 heavy (non-hydrogen) atoms. The lowest BCUT2D eigenvalue weighted by molar-refractivity contribution is 0.414. The number of nitrogens with one attached hydrogen (secondary N) is 1. The minimum atomic E-state index is 0.689. The van der Waals surface area contributed by atoms with Crippen molar-refractivity contribution < 1.29 is 9.47 Å². The van der Waals surface area contributed by atoms with Crippen molar-refractivity contribution >= 4 is 17.2 Å². The second-order valence-corrected chi connectivity index (χ2v) is 6.01. The van der Waals surface area contributed by atoms with E-state index in [4.69, 9.17) is 14.5 Å². The van der Waals surface area contributed by atoms with Gasteiger partial charge in [0, 0.05) is 16.7 Å². The Bertz CT molecular complexity index is 1010. The predicted molar refractivity (Wildman–Crippen MR) is 107 cm³/mol. The number of hydrogen-bond acceptors (Lipinski definition) is 5. The second kappa shape index (κ2) is 7.33. The molecule has 0 radical (unpaired) electrons. The van der Waals surface area contributed by atoms with E-state index in [1.165, 1.54) is 0 Å². The summed E-state index contributed by atoms with van der Waals surface area (Å²) in [4.78, 5) is 4.80. The monoisotopic (exact) mass is 357 g/mol. The summed E-state index contributed by atoms with van der Waals surface area (Å²) in [7, 11) is 3.31. The Balaban J connectivity index is 1.77. The highest BCUT2D eigenvalue weighted by atomic mass is 16.5. The fourth-order valence-corrected chi connectivity index (χ4v) is 2.93. The van der Waals surface area contributed by atoms with Crippen LogP contribution in [0.1, 0.15) is 16.7 Å². The molecular weight excluding hydrogens is 338 g/mol. The molecule has 0 spiro atoms. The average molecular weight is 357 g/mol. The SMILES string of the molecule is COc1ccc(C2=Nc3ccccc3C(c3ccc(OC)cc3)=NN2)cc1. The molecule has 134 valence electrons. The van der Waals surface area contributed by atoms with Gasteiger partial charge in [-0.25, -0.2) is 4.99 Å². The first-order valence-electron chi connectivity index (χ1n) is 8.59. The van der Waals surface area contributed by atoms with Crippen molar-refractivity contribution in [3.63, 3.8) is 0 Å². The highest BCUT2D eigenvalue weighted by molar-refractivity contribution is 6.18. The molecule has 0 unspecified atom stereocenters. The van der Waals surface area contributed by atoms with E-state index in [0.717, 1.165) is 39.6 Å². The van der Waals surface area contributed by atoms with Crippen LogP contribution < -0.4 is 14.9 Å². The van der Waals surface area contributed by atoms with Crippen LogP contribution in [0.15, 0.2) is 82.9 Å². The molecule has 0 amide bonds. The first-order chi connectivity index (χ1) is 13.3. The summed E-state index contributed by atoms with van der Waals surface area (Å²) in [5, 5.41) is 4.65. The molecule has 0 saturated heterocycles. The zero-order chi connectivity index (χ0) is 18.6. The first kappa shape index (κ1) is 16.8. The number of amidine groups is 1. The molecule has 0 bridgehead atoms. The largest absolute Gasteiger partial charge is 0.497 e. The Morgan fingerprint density at radius 1 is 0.704 bits per heavy atom. The number of aliphatic imine (C=N–C) groups is 1. The van der Waals surface area contributed by atoms with Crippen LogP contribution in [-0.2, 0) is 0 Å². The fourth-order valence-electron chi connectivity index (χ4n) is 2.93. The lowest BCUT2D eigenvalue weighted by Gasteiger charge is -2.08. The summed E-state index contributed by atoms with van der Waals surface area (Å²) in [6, 6.07) is 23.6. The minimum Gasteiger partial charge on any atom is -0.497 e. The van der Waals surface area contributed by atoms with Crippen LogP contribution >= 0.6 is 0 Å². The maximum atomic E-state index is 5.26. The number of hydrogen-bond donors (Lipinski definition) is 1. The van der Waals surface area contributed by atoms with E-state index in [1.807, 2.05) is 72.8 Å². The quantitative estimate of drug-likeness (QED) is 0.764. The number of hydrazone groups is 1. The number of para-hydroxylation sites is 1. The highest BCUT2D eigenvalue weighted by Crippen LogP contribution is 2.26. The van der Waals surface area contributed by atoms with Crippen molar-refractivity contribution in [3.8, 4) is 11.5 Å². The van der Waals surface area contributed by atoms with Gasteiger partial charge in [-0.2, -0.15) is 5.10 Å². The second-order valence-electron chi connectivity index (χ2n) is 6.01. The van der Waals surface area contributed by atoms with Crippen molar-refractivity contribution in [1.29, 1.82) is 0 Å². The van der Waals surface area contributed by atoms with E-state index in [1.54, 1.807) is 14.2 Å². The lowest BCUT2D eigenvalue weighted by Crippen LogP contribution is -2.19.